The second kappa shape index (κ2) is 23.2. The predicted octanol–water partition coefficient (Wildman–Crippen LogP) is -1.03. The van der Waals surface area contributed by atoms with Crippen molar-refractivity contribution in [2.45, 2.75) is 127 Å². The van der Waals surface area contributed by atoms with Crippen LogP contribution < -0.4 is 32.3 Å². The lowest BCUT2D eigenvalue weighted by molar-refractivity contribution is -0.142. The minimum absolute atomic E-state index is 0.0226. The van der Waals surface area contributed by atoms with Gasteiger partial charge in [0.25, 0.3) is 0 Å². The summed E-state index contributed by atoms with van der Waals surface area (Å²) in [5.74, 6) is -10.9. The molecule has 1 rings (SSSR count). The third-order valence-electron chi connectivity index (χ3n) is 8.81. The van der Waals surface area contributed by atoms with Crippen LogP contribution in [0.5, 0.6) is 0 Å². The lowest BCUT2D eigenvalue weighted by atomic mass is 9.84. The molecular formula is C32H52N6O13S. The van der Waals surface area contributed by atoms with Gasteiger partial charge in [0.05, 0.1) is 12.5 Å². The van der Waals surface area contributed by atoms with E-state index in [1.807, 2.05) is 0 Å². The van der Waals surface area contributed by atoms with Crippen molar-refractivity contribution >= 4 is 66.0 Å². The quantitative estimate of drug-likeness (QED) is 0.0525. The number of nitrogens with two attached hydrogens (primary N) is 1. The Morgan fingerprint density at radius 2 is 1.12 bits per heavy atom. The van der Waals surface area contributed by atoms with Crippen molar-refractivity contribution in [1.29, 1.82) is 0 Å². The molecule has 0 aliphatic heterocycles. The molecule has 1 aliphatic carbocycles. The first kappa shape index (κ1) is 45.6. The number of nitrogens with one attached hydrogen (secondary N) is 5. The largest absolute Gasteiger partial charge is 0.481 e. The zero-order valence-electron chi connectivity index (χ0n) is 29.3. The number of rotatable bonds is 24. The summed E-state index contributed by atoms with van der Waals surface area (Å²) in [6.45, 7) is 3.26. The highest BCUT2D eigenvalue weighted by Crippen LogP contribution is 2.27. The van der Waals surface area contributed by atoms with Crippen molar-refractivity contribution in [3.63, 3.8) is 0 Å². The lowest BCUT2D eigenvalue weighted by Gasteiger charge is -2.30. The minimum atomic E-state index is -1.57. The zero-order chi connectivity index (χ0) is 39.5. The van der Waals surface area contributed by atoms with Crippen LogP contribution in [0.3, 0.4) is 0 Å². The summed E-state index contributed by atoms with van der Waals surface area (Å²) in [5, 5.41) is 48.9. The fraction of sp³-hybridized carbons (Fsp3) is 0.719. The Hall–Kier alpha value is -4.46. The third-order valence-corrected chi connectivity index (χ3v) is 9.17. The van der Waals surface area contributed by atoms with Gasteiger partial charge in [0.15, 0.2) is 0 Å². The average Bonchev–Trinajstić information content (AvgIpc) is 3.08. The monoisotopic (exact) mass is 760 g/mol. The maximum atomic E-state index is 13.7. The van der Waals surface area contributed by atoms with E-state index in [-0.39, 0.29) is 18.1 Å². The van der Waals surface area contributed by atoms with Crippen molar-refractivity contribution in [2.24, 2.45) is 17.6 Å². The van der Waals surface area contributed by atoms with Crippen LogP contribution in [-0.4, -0.2) is 116 Å². The van der Waals surface area contributed by atoms with E-state index in [0.29, 0.717) is 6.42 Å². The lowest BCUT2D eigenvalue weighted by Crippen LogP contribution is -2.60. The molecule has 0 heterocycles. The van der Waals surface area contributed by atoms with Gasteiger partial charge in [-0.25, -0.2) is 4.79 Å². The number of carboxylic acid groups (broad SMARTS) is 4. The Balaban J connectivity index is 3.33. The number of hydrogen-bond acceptors (Lipinski definition) is 11. The van der Waals surface area contributed by atoms with Crippen LogP contribution in [0.25, 0.3) is 0 Å². The van der Waals surface area contributed by atoms with Crippen molar-refractivity contribution in [1.82, 2.24) is 26.6 Å². The Morgan fingerprint density at radius 1 is 0.654 bits per heavy atom. The summed E-state index contributed by atoms with van der Waals surface area (Å²) in [7, 11) is 0. The molecule has 7 atom stereocenters. The van der Waals surface area contributed by atoms with Crippen molar-refractivity contribution in [3.8, 4) is 0 Å². The molecular weight excluding hydrogens is 708 g/mol. The Kier molecular flexibility index (Phi) is 20.3. The van der Waals surface area contributed by atoms with Crippen LogP contribution in [0.1, 0.15) is 90.9 Å². The first-order valence-electron chi connectivity index (χ1n) is 17.2. The van der Waals surface area contributed by atoms with Gasteiger partial charge in [0, 0.05) is 18.6 Å². The SMILES string of the molecule is CC[C@H](C)[C@H](NC(=O)[C@H](CCC(=O)O)NC(=O)[C@@H](N)CC(=O)O)C(=O)N[C@@H](CCC(=O)O)C(=O)N[C@@H](CC1CCCCC1)C(=O)N[C@@H](CS)C(=O)O. The highest BCUT2D eigenvalue weighted by Gasteiger charge is 2.35. The molecule has 1 fully saturated rings. The predicted molar refractivity (Wildman–Crippen MR) is 186 cm³/mol. The van der Waals surface area contributed by atoms with Gasteiger partial charge in [-0.15, -0.1) is 0 Å². The standard InChI is InChI=1S/C32H52N6O13S/c1-3-16(2)26(38-29(47)20(10-12-24(41)42)34-27(45)18(33)14-25(43)44)31(49)35-19(9-11-23(39)40)28(46)36-21(13-17-7-5-4-6-8-17)30(48)37-22(15-52)32(50)51/h16-22,26,52H,3-15,33H2,1-2H3,(H,34,45)(H,35,49)(H,36,46)(H,37,48)(H,38,47)(H,39,40)(H,41,42)(H,43,44)(H,50,51)/t16-,18-,19-,20-,21-,22-,26-/m0/s1. The van der Waals surface area contributed by atoms with Crippen molar-refractivity contribution in [3.05, 3.63) is 0 Å². The number of aliphatic carboxylic acids is 4. The molecule has 0 spiro atoms. The highest BCUT2D eigenvalue weighted by molar-refractivity contribution is 7.80. The maximum absolute atomic E-state index is 13.7. The van der Waals surface area contributed by atoms with E-state index in [4.69, 9.17) is 15.9 Å². The fourth-order valence-corrected chi connectivity index (χ4v) is 5.82. The summed E-state index contributed by atoms with van der Waals surface area (Å²) in [6, 6.07) is -8.66. The molecule has 1 aliphatic rings. The fourth-order valence-electron chi connectivity index (χ4n) is 5.57. The summed E-state index contributed by atoms with van der Waals surface area (Å²) < 4.78 is 0. The molecule has 5 amide bonds. The van der Waals surface area contributed by atoms with Gasteiger partial charge >= 0.3 is 23.9 Å². The van der Waals surface area contributed by atoms with E-state index in [2.05, 4.69) is 39.2 Å². The van der Waals surface area contributed by atoms with E-state index < -0.39 is 128 Å². The number of carboxylic acids is 4. The van der Waals surface area contributed by atoms with Gasteiger partial charge in [-0.2, -0.15) is 12.6 Å². The van der Waals surface area contributed by atoms with Crippen LogP contribution in [-0.2, 0) is 43.2 Å². The number of amides is 5. The first-order valence-corrected chi connectivity index (χ1v) is 17.8. The summed E-state index contributed by atoms with van der Waals surface area (Å²) in [6.07, 6.45) is 1.94. The van der Waals surface area contributed by atoms with Gasteiger partial charge in [-0.05, 0) is 31.1 Å². The van der Waals surface area contributed by atoms with Crippen molar-refractivity contribution in [2.75, 3.05) is 5.75 Å². The minimum Gasteiger partial charge on any atom is -0.481 e. The zero-order valence-corrected chi connectivity index (χ0v) is 30.2. The van der Waals surface area contributed by atoms with Gasteiger partial charge in [0.1, 0.15) is 30.2 Å². The molecule has 19 nitrogen and oxygen atoms in total. The summed E-state index contributed by atoms with van der Waals surface area (Å²) >= 11 is 3.96. The molecule has 0 radical (unpaired) electrons. The highest BCUT2D eigenvalue weighted by atomic mass is 32.1. The van der Waals surface area contributed by atoms with Crippen LogP contribution in [0, 0.1) is 11.8 Å². The maximum Gasteiger partial charge on any atom is 0.327 e. The van der Waals surface area contributed by atoms with E-state index in [0.717, 1.165) is 32.1 Å². The molecule has 0 unspecified atom stereocenters. The average molecular weight is 761 g/mol. The van der Waals surface area contributed by atoms with E-state index in [1.165, 1.54) is 0 Å². The molecule has 0 aromatic carbocycles. The molecule has 20 heteroatoms. The van der Waals surface area contributed by atoms with E-state index in [9.17, 15) is 53.4 Å². The molecule has 294 valence electrons. The Bertz CT molecular complexity index is 1300. The second-order valence-corrected chi connectivity index (χ2v) is 13.3. The summed E-state index contributed by atoms with van der Waals surface area (Å²) in [4.78, 5) is 112. The van der Waals surface area contributed by atoms with E-state index in [1.54, 1.807) is 13.8 Å². The molecule has 1 saturated carbocycles. The number of hydrogen-bond donors (Lipinski definition) is 11. The third kappa shape index (κ3) is 16.7. The summed E-state index contributed by atoms with van der Waals surface area (Å²) in [5.41, 5.74) is 5.58. The second-order valence-electron chi connectivity index (χ2n) is 12.9. The van der Waals surface area contributed by atoms with Crippen LogP contribution in [0.15, 0.2) is 0 Å². The molecule has 11 N–H and O–H groups in total. The number of thiol groups is 1. The van der Waals surface area contributed by atoms with Crippen LogP contribution >= 0.6 is 12.6 Å². The molecule has 0 bridgehead atoms. The first-order chi connectivity index (χ1) is 24.4. The van der Waals surface area contributed by atoms with Crippen LogP contribution in [0.4, 0.5) is 0 Å². The van der Waals surface area contributed by atoms with Crippen LogP contribution in [0.2, 0.25) is 0 Å². The molecule has 0 saturated heterocycles. The molecule has 0 aromatic heterocycles. The Morgan fingerprint density at radius 3 is 1.58 bits per heavy atom. The molecule has 52 heavy (non-hydrogen) atoms. The van der Waals surface area contributed by atoms with E-state index >= 15 is 0 Å². The van der Waals surface area contributed by atoms with Gasteiger partial charge in [-0.3, -0.25) is 38.4 Å². The smallest absolute Gasteiger partial charge is 0.327 e. The molecule has 0 aromatic rings. The van der Waals surface area contributed by atoms with Crippen molar-refractivity contribution < 1.29 is 63.6 Å². The van der Waals surface area contributed by atoms with Gasteiger partial charge < -0.3 is 52.7 Å². The van der Waals surface area contributed by atoms with Gasteiger partial charge in [-0.1, -0.05) is 52.4 Å². The topological polar surface area (TPSA) is 321 Å². The van der Waals surface area contributed by atoms with Gasteiger partial charge in [0.2, 0.25) is 29.5 Å². The Labute approximate surface area is 306 Å². The number of carbonyl (C=O) groups excluding carboxylic acids is 5. The normalized spacial score (nSPS) is 17.1. The number of carbonyl (C=O) groups is 9.